The first-order chi connectivity index (χ1) is 15.3. The maximum atomic E-state index is 13.1. The number of carbonyl (C=O) groups excluding carboxylic acids is 1. The number of methoxy groups -OCH3 is 1. The number of nitrogens with zero attached hydrogens (tertiary/aromatic N) is 4. The maximum Gasteiger partial charge on any atom is 0.336 e. The standard InChI is InChI=1S/C21H25N5O4S2/c1-24-14-22-20-16(7-6-8-17(20)24)23-21(27)26(31)18-13-15(9-10-19(18)30-2)32(28,29)25-11-4-3-5-12-25/h6-10,13-14,31H,3-5,11-12H2,1-2H3,(H,23,27). The molecule has 3 aromatic rings. The molecule has 0 radical (unpaired) electrons. The van der Waals surface area contributed by atoms with Crippen LogP contribution in [0.3, 0.4) is 0 Å². The molecule has 0 spiro atoms. The van der Waals surface area contributed by atoms with Crippen molar-refractivity contribution in [1.82, 2.24) is 13.9 Å². The van der Waals surface area contributed by atoms with Gasteiger partial charge in [-0.2, -0.15) is 4.31 Å². The van der Waals surface area contributed by atoms with Crippen molar-refractivity contribution >= 4 is 51.3 Å². The summed E-state index contributed by atoms with van der Waals surface area (Å²) in [6.07, 6.45) is 4.36. The van der Waals surface area contributed by atoms with Gasteiger partial charge in [-0.25, -0.2) is 22.5 Å². The monoisotopic (exact) mass is 475 g/mol. The number of para-hydroxylation sites is 1. The van der Waals surface area contributed by atoms with E-state index in [9.17, 15) is 13.2 Å². The third kappa shape index (κ3) is 4.15. The molecule has 11 heteroatoms. The van der Waals surface area contributed by atoms with E-state index in [4.69, 9.17) is 4.74 Å². The van der Waals surface area contributed by atoms with Crippen LogP contribution in [0.2, 0.25) is 0 Å². The molecule has 0 atom stereocenters. The number of nitrogens with one attached hydrogen (secondary N) is 1. The SMILES string of the molecule is COc1ccc(S(=O)(=O)N2CCCCC2)cc1N(S)C(=O)Nc1cccc2c1ncn2C. The Hall–Kier alpha value is -2.76. The third-order valence-corrected chi connectivity index (χ3v) is 7.81. The fourth-order valence-corrected chi connectivity index (χ4v) is 5.53. The Kier molecular flexibility index (Phi) is 6.31. The third-order valence-electron chi connectivity index (χ3n) is 5.52. The van der Waals surface area contributed by atoms with Crippen molar-refractivity contribution in [3.8, 4) is 5.75 Å². The molecular weight excluding hydrogens is 450 g/mol. The van der Waals surface area contributed by atoms with Crippen LogP contribution < -0.4 is 14.4 Å². The van der Waals surface area contributed by atoms with Crippen LogP contribution in [0.4, 0.5) is 16.2 Å². The van der Waals surface area contributed by atoms with E-state index in [0.717, 1.165) is 29.1 Å². The molecule has 1 N–H and O–H groups in total. The predicted molar refractivity (Wildman–Crippen MR) is 127 cm³/mol. The van der Waals surface area contributed by atoms with Gasteiger partial charge in [0, 0.05) is 20.1 Å². The molecule has 9 nitrogen and oxygen atoms in total. The van der Waals surface area contributed by atoms with Crippen LogP contribution >= 0.6 is 12.8 Å². The number of piperidine rings is 1. The second-order valence-corrected chi connectivity index (χ2v) is 9.91. The van der Waals surface area contributed by atoms with Gasteiger partial charge < -0.3 is 14.6 Å². The summed E-state index contributed by atoms with van der Waals surface area (Å²) in [4.78, 5) is 17.4. The van der Waals surface area contributed by atoms with E-state index in [0.29, 0.717) is 30.0 Å². The van der Waals surface area contributed by atoms with Gasteiger partial charge in [0.1, 0.15) is 17.0 Å². The van der Waals surface area contributed by atoms with Crippen LogP contribution in [0.1, 0.15) is 19.3 Å². The zero-order valence-corrected chi connectivity index (χ0v) is 19.6. The van der Waals surface area contributed by atoms with Crippen molar-refractivity contribution in [3.05, 3.63) is 42.7 Å². The minimum Gasteiger partial charge on any atom is -0.495 e. The average Bonchev–Trinajstić information content (AvgIpc) is 3.20. The summed E-state index contributed by atoms with van der Waals surface area (Å²) >= 11 is 4.35. The Balaban J connectivity index is 1.64. The molecule has 170 valence electrons. The van der Waals surface area contributed by atoms with Crippen molar-refractivity contribution in [2.75, 3.05) is 29.8 Å². The number of aromatic nitrogens is 2. The minimum atomic E-state index is -3.68. The topological polar surface area (TPSA) is 96.8 Å². The number of thiol groups is 1. The molecule has 1 fully saturated rings. The molecule has 1 aliphatic heterocycles. The van der Waals surface area contributed by atoms with E-state index in [1.165, 1.54) is 29.6 Å². The summed E-state index contributed by atoms with van der Waals surface area (Å²) in [5.74, 6) is 0.323. The molecule has 32 heavy (non-hydrogen) atoms. The minimum absolute atomic E-state index is 0.0916. The number of sulfonamides is 1. The van der Waals surface area contributed by atoms with Crippen molar-refractivity contribution in [2.45, 2.75) is 24.2 Å². The van der Waals surface area contributed by atoms with Crippen molar-refractivity contribution in [3.63, 3.8) is 0 Å². The lowest BCUT2D eigenvalue weighted by atomic mass is 10.2. The number of hydrogen-bond donors (Lipinski definition) is 2. The highest BCUT2D eigenvalue weighted by atomic mass is 32.2. The van der Waals surface area contributed by atoms with Gasteiger partial charge in [-0.05, 0) is 43.2 Å². The van der Waals surface area contributed by atoms with E-state index < -0.39 is 16.1 Å². The molecular formula is C21H25N5O4S2. The molecule has 0 unspecified atom stereocenters. The molecule has 2 heterocycles. The Morgan fingerprint density at radius 1 is 1.19 bits per heavy atom. The van der Waals surface area contributed by atoms with E-state index in [1.54, 1.807) is 12.4 Å². The number of fused-ring (bicyclic) bond motifs is 1. The molecule has 4 rings (SSSR count). The van der Waals surface area contributed by atoms with Crippen molar-refractivity contribution in [1.29, 1.82) is 0 Å². The summed E-state index contributed by atoms with van der Waals surface area (Å²) in [6.45, 7) is 0.978. The summed E-state index contributed by atoms with van der Waals surface area (Å²) in [5, 5.41) is 2.79. The van der Waals surface area contributed by atoms with Gasteiger partial charge in [-0.3, -0.25) is 0 Å². The number of rotatable bonds is 5. The summed E-state index contributed by atoms with van der Waals surface area (Å²) in [5.41, 5.74) is 2.24. The maximum absolute atomic E-state index is 13.1. The summed E-state index contributed by atoms with van der Waals surface area (Å²) in [6, 6.07) is 9.31. The lowest BCUT2D eigenvalue weighted by Gasteiger charge is -2.26. The van der Waals surface area contributed by atoms with Gasteiger partial charge in [0.05, 0.1) is 29.5 Å². The van der Waals surface area contributed by atoms with Crippen LogP contribution in [0.15, 0.2) is 47.6 Å². The second-order valence-electron chi connectivity index (χ2n) is 7.57. The molecule has 1 aromatic heterocycles. The van der Waals surface area contributed by atoms with Gasteiger partial charge in [0.25, 0.3) is 0 Å². The first-order valence-corrected chi connectivity index (χ1v) is 12.0. The van der Waals surface area contributed by atoms with E-state index in [-0.39, 0.29) is 10.6 Å². The number of imidazole rings is 1. The first kappa shape index (κ1) is 22.4. The van der Waals surface area contributed by atoms with Crippen LogP contribution in [0, 0.1) is 0 Å². The molecule has 2 amide bonds. The zero-order valence-electron chi connectivity index (χ0n) is 17.9. The largest absolute Gasteiger partial charge is 0.495 e. The van der Waals surface area contributed by atoms with Crippen molar-refractivity contribution < 1.29 is 17.9 Å². The summed E-state index contributed by atoms with van der Waals surface area (Å²) < 4.78 is 35.9. The van der Waals surface area contributed by atoms with Gasteiger partial charge in [-0.1, -0.05) is 25.3 Å². The van der Waals surface area contributed by atoms with Gasteiger partial charge in [0.15, 0.2) is 0 Å². The zero-order chi connectivity index (χ0) is 22.9. The molecule has 0 saturated carbocycles. The van der Waals surface area contributed by atoms with Gasteiger partial charge in [0.2, 0.25) is 10.0 Å². The molecule has 0 aliphatic carbocycles. The first-order valence-electron chi connectivity index (χ1n) is 10.2. The number of aryl methyl sites for hydroxylation is 1. The molecule has 2 aromatic carbocycles. The molecule has 1 aliphatic rings. The fourth-order valence-electron chi connectivity index (χ4n) is 3.79. The molecule has 0 bridgehead atoms. The summed E-state index contributed by atoms with van der Waals surface area (Å²) in [7, 11) is -0.365. The highest BCUT2D eigenvalue weighted by molar-refractivity contribution is 7.89. The van der Waals surface area contributed by atoms with Gasteiger partial charge >= 0.3 is 6.03 Å². The number of urea groups is 1. The Morgan fingerprint density at radius 2 is 1.94 bits per heavy atom. The quantitative estimate of drug-likeness (QED) is 0.549. The number of hydrogen-bond acceptors (Lipinski definition) is 6. The van der Waals surface area contributed by atoms with Gasteiger partial charge in [-0.15, -0.1) is 0 Å². The number of anilines is 2. The lowest BCUT2D eigenvalue weighted by Crippen LogP contribution is -2.35. The van der Waals surface area contributed by atoms with Crippen molar-refractivity contribution in [2.24, 2.45) is 7.05 Å². The van der Waals surface area contributed by atoms with Crippen LogP contribution in [-0.2, 0) is 17.1 Å². The van der Waals surface area contributed by atoms with Crippen LogP contribution in [0.5, 0.6) is 5.75 Å². The lowest BCUT2D eigenvalue weighted by molar-refractivity contribution is 0.260. The second kappa shape index (κ2) is 9.00. The van der Waals surface area contributed by atoms with Crippen LogP contribution in [-0.4, -0.2) is 48.5 Å². The Morgan fingerprint density at radius 3 is 2.66 bits per heavy atom. The smallest absolute Gasteiger partial charge is 0.336 e. The van der Waals surface area contributed by atoms with Crippen LogP contribution in [0.25, 0.3) is 11.0 Å². The number of amides is 2. The number of ether oxygens (including phenoxy) is 1. The number of benzene rings is 2. The Bertz CT molecular complexity index is 1250. The van der Waals surface area contributed by atoms with E-state index >= 15 is 0 Å². The number of carbonyl (C=O) groups is 1. The average molecular weight is 476 g/mol. The van der Waals surface area contributed by atoms with E-state index in [2.05, 4.69) is 23.1 Å². The highest BCUT2D eigenvalue weighted by Gasteiger charge is 2.28. The predicted octanol–water partition coefficient (Wildman–Crippen LogP) is 3.64. The normalized spacial score (nSPS) is 15.0. The highest BCUT2D eigenvalue weighted by Crippen LogP contribution is 2.34. The van der Waals surface area contributed by atoms with E-state index in [1.807, 2.05) is 23.7 Å². The Labute approximate surface area is 192 Å². The fraction of sp³-hybridized carbons (Fsp3) is 0.333. The molecule has 1 saturated heterocycles.